The molecular weight excluding hydrogens is 262 g/mol. The van der Waals surface area contributed by atoms with Crippen LogP contribution in [0.5, 0.6) is 0 Å². The van der Waals surface area contributed by atoms with Gasteiger partial charge in [0, 0.05) is 6.42 Å². The Bertz CT molecular complexity index is 369. The first-order valence-corrected chi connectivity index (χ1v) is 7.18. The molecule has 1 heterocycles. The predicted molar refractivity (Wildman–Crippen MR) is 69.4 cm³/mol. The van der Waals surface area contributed by atoms with Crippen molar-refractivity contribution in [2.45, 2.75) is 64.5 Å². The van der Waals surface area contributed by atoms with Crippen LogP contribution in [-0.4, -0.2) is 30.0 Å². The highest BCUT2D eigenvalue weighted by molar-refractivity contribution is 5.96. The molecule has 1 saturated heterocycles. The van der Waals surface area contributed by atoms with Crippen molar-refractivity contribution < 1.29 is 24.2 Å². The van der Waals surface area contributed by atoms with Crippen molar-refractivity contribution in [1.29, 1.82) is 0 Å². The van der Waals surface area contributed by atoms with Gasteiger partial charge in [0.05, 0.1) is 12.0 Å². The van der Waals surface area contributed by atoms with Crippen molar-refractivity contribution in [3.05, 3.63) is 0 Å². The van der Waals surface area contributed by atoms with Crippen LogP contribution in [0.2, 0.25) is 0 Å². The zero-order valence-electron chi connectivity index (χ0n) is 12.0. The summed E-state index contributed by atoms with van der Waals surface area (Å²) < 4.78 is 5.12. The first kappa shape index (κ1) is 16.5. The average molecular weight is 284 g/mol. The van der Waals surface area contributed by atoms with Gasteiger partial charge in [-0.25, -0.2) is 0 Å². The van der Waals surface area contributed by atoms with Gasteiger partial charge in [0.15, 0.2) is 0 Å². The molecule has 0 aromatic carbocycles. The summed E-state index contributed by atoms with van der Waals surface area (Å²) in [5, 5.41) is 13.0. The molecule has 0 radical (unpaired) electrons. The number of esters is 1. The number of carbonyl (C=O) groups is 3. The fraction of sp³-hybridized carbons (Fsp3) is 0.786. The SMILES string of the molecule is CCCCCCCC(=O)OC(C)C1C(=O)NC1C(=O)[O-]. The van der Waals surface area contributed by atoms with Crippen LogP contribution >= 0.6 is 0 Å². The predicted octanol–water partition coefficient (Wildman–Crippen LogP) is 0.143. The summed E-state index contributed by atoms with van der Waals surface area (Å²) in [6.45, 7) is 3.65. The van der Waals surface area contributed by atoms with Gasteiger partial charge in [-0.3, -0.25) is 9.59 Å². The molecular formula is C14H22NO5-. The Kier molecular flexibility index (Phi) is 6.48. The second-order valence-corrected chi connectivity index (χ2v) is 5.19. The molecule has 0 spiro atoms. The van der Waals surface area contributed by atoms with Gasteiger partial charge in [0.1, 0.15) is 12.0 Å². The maximum absolute atomic E-state index is 11.6. The van der Waals surface area contributed by atoms with E-state index in [9.17, 15) is 19.5 Å². The number of carboxylic acid groups (broad SMARTS) is 1. The van der Waals surface area contributed by atoms with E-state index in [2.05, 4.69) is 12.2 Å². The van der Waals surface area contributed by atoms with Crippen molar-refractivity contribution in [3.63, 3.8) is 0 Å². The van der Waals surface area contributed by atoms with E-state index in [-0.39, 0.29) is 5.97 Å². The quantitative estimate of drug-likeness (QED) is 0.369. The molecule has 20 heavy (non-hydrogen) atoms. The highest BCUT2D eigenvalue weighted by Crippen LogP contribution is 2.21. The third kappa shape index (κ3) is 4.51. The molecule has 1 fully saturated rings. The molecule has 0 aliphatic carbocycles. The molecule has 6 heteroatoms. The zero-order chi connectivity index (χ0) is 15.1. The van der Waals surface area contributed by atoms with Gasteiger partial charge in [-0.2, -0.15) is 0 Å². The van der Waals surface area contributed by atoms with Gasteiger partial charge >= 0.3 is 5.97 Å². The van der Waals surface area contributed by atoms with Crippen LogP contribution in [0.3, 0.4) is 0 Å². The minimum absolute atomic E-state index is 0.304. The Hall–Kier alpha value is -1.59. The number of ether oxygens (including phenoxy) is 1. The van der Waals surface area contributed by atoms with E-state index in [4.69, 9.17) is 4.74 Å². The molecule has 1 aliphatic heterocycles. The average Bonchev–Trinajstić information content (AvgIpc) is 2.34. The number of hydrogen-bond acceptors (Lipinski definition) is 5. The molecule has 0 aromatic heterocycles. The number of aliphatic carboxylic acids is 1. The topological polar surface area (TPSA) is 95.5 Å². The van der Waals surface area contributed by atoms with E-state index in [1.165, 1.54) is 6.92 Å². The number of amides is 1. The van der Waals surface area contributed by atoms with Crippen LogP contribution in [-0.2, 0) is 19.1 Å². The van der Waals surface area contributed by atoms with Gasteiger partial charge in [0.2, 0.25) is 5.91 Å². The van der Waals surface area contributed by atoms with E-state index in [1.807, 2.05) is 0 Å². The van der Waals surface area contributed by atoms with E-state index >= 15 is 0 Å². The van der Waals surface area contributed by atoms with Crippen molar-refractivity contribution in [1.82, 2.24) is 5.32 Å². The second-order valence-electron chi connectivity index (χ2n) is 5.19. The number of nitrogens with one attached hydrogen (secondary N) is 1. The molecule has 1 rings (SSSR count). The maximum Gasteiger partial charge on any atom is 0.306 e. The lowest BCUT2D eigenvalue weighted by Crippen LogP contribution is -2.68. The van der Waals surface area contributed by atoms with Gasteiger partial charge in [-0.1, -0.05) is 32.6 Å². The van der Waals surface area contributed by atoms with Crippen LogP contribution in [0, 0.1) is 5.92 Å². The summed E-state index contributed by atoms with van der Waals surface area (Å²) in [6.07, 6.45) is 4.68. The Morgan fingerprint density at radius 3 is 2.50 bits per heavy atom. The summed E-state index contributed by atoms with van der Waals surface area (Å²) in [7, 11) is 0. The van der Waals surface area contributed by atoms with Crippen molar-refractivity contribution in [2.24, 2.45) is 5.92 Å². The number of carbonyl (C=O) groups excluding carboxylic acids is 3. The first-order valence-electron chi connectivity index (χ1n) is 7.18. The molecule has 1 aliphatic rings. The Morgan fingerprint density at radius 2 is 1.95 bits per heavy atom. The smallest absolute Gasteiger partial charge is 0.306 e. The fourth-order valence-electron chi connectivity index (χ4n) is 2.30. The normalized spacial score (nSPS) is 22.6. The van der Waals surface area contributed by atoms with Crippen LogP contribution in [0.15, 0.2) is 0 Å². The number of carboxylic acids is 1. The minimum atomic E-state index is -1.35. The van der Waals surface area contributed by atoms with Crippen molar-refractivity contribution in [2.75, 3.05) is 0 Å². The Morgan fingerprint density at radius 1 is 1.30 bits per heavy atom. The lowest BCUT2D eigenvalue weighted by atomic mass is 9.86. The molecule has 0 saturated carbocycles. The molecule has 1 amide bonds. The lowest BCUT2D eigenvalue weighted by molar-refractivity contribution is -0.312. The third-order valence-electron chi connectivity index (χ3n) is 3.52. The van der Waals surface area contributed by atoms with Gasteiger partial charge in [-0.05, 0) is 13.3 Å². The van der Waals surface area contributed by atoms with E-state index in [0.29, 0.717) is 6.42 Å². The zero-order valence-corrected chi connectivity index (χ0v) is 12.0. The molecule has 6 nitrogen and oxygen atoms in total. The van der Waals surface area contributed by atoms with Crippen LogP contribution in [0.1, 0.15) is 52.4 Å². The molecule has 0 aromatic rings. The standard InChI is InChI=1S/C14H23NO5/c1-3-4-5-6-7-8-10(16)20-9(2)11-12(14(18)19)15-13(11)17/h9,11-12H,3-8H2,1-2H3,(H,15,17)(H,18,19)/p-1. The minimum Gasteiger partial charge on any atom is -0.548 e. The molecule has 3 unspecified atom stereocenters. The van der Waals surface area contributed by atoms with Crippen molar-refractivity contribution >= 4 is 17.8 Å². The van der Waals surface area contributed by atoms with E-state index in [0.717, 1.165) is 32.1 Å². The van der Waals surface area contributed by atoms with E-state index in [1.54, 1.807) is 0 Å². The summed E-state index contributed by atoms with van der Waals surface area (Å²) in [5.74, 6) is -2.99. The molecule has 1 N–H and O–H groups in total. The molecule has 114 valence electrons. The second kappa shape index (κ2) is 7.87. The number of rotatable bonds is 9. The summed E-state index contributed by atoms with van der Waals surface area (Å²) >= 11 is 0. The number of unbranched alkanes of at least 4 members (excludes halogenated alkanes) is 4. The Labute approximate surface area is 118 Å². The summed E-state index contributed by atoms with van der Waals surface area (Å²) in [4.78, 5) is 33.6. The van der Waals surface area contributed by atoms with Crippen LogP contribution in [0.25, 0.3) is 0 Å². The van der Waals surface area contributed by atoms with Gasteiger partial charge < -0.3 is 20.0 Å². The largest absolute Gasteiger partial charge is 0.548 e. The number of hydrogen-bond donors (Lipinski definition) is 1. The third-order valence-corrected chi connectivity index (χ3v) is 3.52. The Balaban J connectivity index is 2.27. The van der Waals surface area contributed by atoms with Crippen molar-refractivity contribution in [3.8, 4) is 0 Å². The first-order chi connectivity index (χ1) is 9.47. The number of β-lactam (4-membered cyclic amide) rings is 1. The monoisotopic (exact) mass is 284 g/mol. The highest BCUT2D eigenvalue weighted by atomic mass is 16.5. The maximum atomic E-state index is 11.6. The summed E-state index contributed by atoms with van der Waals surface area (Å²) in [5.41, 5.74) is 0. The van der Waals surface area contributed by atoms with Crippen LogP contribution < -0.4 is 10.4 Å². The lowest BCUT2D eigenvalue weighted by Gasteiger charge is -2.40. The summed E-state index contributed by atoms with van der Waals surface area (Å²) in [6, 6.07) is -1.06. The van der Waals surface area contributed by atoms with Gasteiger partial charge in [-0.15, -0.1) is 0 Å². The highest BCUT2D eigenvalue weighted by Gasteiger charge is 2.45. The molecule has 0 bridgehead atoms. The van der Waals surface area contributed by atoms with Gasteiger partial charge in [0.25, 0.3) is 0 Å². The van der Waals surface area contributed by atoms with Crippen LogP contribution in [0.4, 0.5) is 0 Å². The fourth-order valence-corrected chi connectivity index (χ4v) is 2.30. The van der Waals surface area contributed by atoms with E-state index < -0.39 is 29.9 Å². The molecule has 3 atom stereocenters.